The van der Waals surface area contributed by atoms with Crippen molar-refractivity contribution >= 4 is 17.7 Å². The number of nitrogens with one attached hydrogen (secondary N) is 2. The van der Waals surface area contributed by atoms with Gasteiger partial charge in [-0.2, -0.15) is 0 Å². The molecule has 3 N–H and O–H groups in total. The minimum atomic E-state index is -0.962. The lowest BCUT2D eigenvalue weighted by Crippen LogP contribution is -2.24. The predicted molar refractivity (Wildman–Crippen MR) is 63.0 cm³/mol. The summed E-state index contributed by atoms with van der Waals surface area (Å²) in [6, 6.07) is 3.17. The van der Waals surface area contributed by atoms with E-state index in [-0.39, 0.29) is 12.5 Å². The molecule has 1 aromatic rings. The molecule has 0 atom stereocenters. The molecular weight excluding hydrogens is 222 g/mol. The summed E-state index contributed by atoms with van der Waals surface area (Å²) in [5, 5.41) is 13.8. The third kappa shape index (κ3) is 4.50. The predicted octanol–water partition coefficient (Wildman–Crippen LogP) is 0.718. The number of rotatable bonds is 6. The first kappa shape index (κ1) is 13.0. The second kappa shape index (κ2) is 6.47. The number of aliphatic carboxylic acids is 1. The van der Waals surface area contributed by atoms with Crippen LogP contribution in [0.25, 0.3) is 0 Å². The highest BCUT2D eigenvalue weighted by molar-refractivity contribution is 5.94. The third-order valence-corrected chi connectivity index (χ3v) is 1.98. The Hall–Kier alpha value is -2.11. The summed E-state index contributed by atoms with van der Waals surface area (Å²) < 4.78 is 0. The van der Waals surface area contributed by atoms with Gasteiger partial charge in [0.25, 0.3) is 5.91 Å². The molecule has 17 heavy (non-hydrogen) atoms. The van der Waals surface area contributed by atoms with Crippen molar-refractivity contribution in [3.8, 4) is 0 Å². The summed E-state index contributed by atoms with van der Waals surface area (Å²) in [4.78, 5) is 25.8. The van der Waals surface area contributed by atoms with Crippen molar-refractivity contribution in [1.82, 2.24) is 10.3 Å². The van der Waals surface area contributed by atoms with E-state index >= 15 is 0 Å². The van der Waals surface area contributed by atoms with Gasteiger partial charge in [-0.1, -0.05) is 6.92 Å². The van der Waals surface area contributed by atoms with E-state index in [2.05, 4.69) is 15.6 Å². The number of hydrogen-bond acceptors (Lipinski definition) is 4. The first-order valence-electron chi connectivity index (χ1n) is 5.33. The zero-order valence-corrected chi connectivity index (χ0v) is 9.56. The molecule has 6 nitrogen and oxygen atoms in total. The fraction of sp³-hybridized carbons (Fsp3) is 0.364. The van der Waals surface area contributed by atoms with E-state index < -0.39 is 5.97 Å². The maximum absolute atomic E-state index is 11.5. The Labute approximate surface area is 99.1 Å². The molecule has 0 radical (unpaired) electrons. The summed E-state index contributed by atoms with van der Waals surface area (Å²) in [5.41, 5.74) is 0.458. The third-order valence-electron chi connectivity index (χ3n) is 1.98. The SMILES string of the molecule is CCCNC(=O)c1ccc(NCC(=O)O)nc1. The molecule has 0 aliphatic rings. The highest BCUT2D eigenvalue weighted by Gasteiger charge is 2.05. The quantitative estimate of drug-likeness (QED) is 0.678. The molecule has 1 rings (SSSR count). The summed E-state index contributed by atoms with van der Waals surface area (Å²) in [6.45, 7) is 2.39. The van der Waals surface area contributed by atoms with E-state index in [0.29, 0.717) is 17.9 Å². The first-order valence-corrected chi connectivity index (χ1v) is 5.33. The number of pyridine rings is 1. The maximum atomic E-state index is 11.5. The van der Waals surface area contributed by atoms with Crippen molar-refractivity contribution in [3.05, 3.63) is 23.9 Å². The van der Waals surface area contributed by atoms with Gasteiger partial charge in [0.1, 0.15) is 12.4 Å². The molecule has 1 heterocycles. The van der Waals surface area contributed by atoms with Crippen LogP contribution in [0.2, 0.25) is 0 Å². The Morgan fingerprint density at radius 1 is 1.41 bits per heavy atom. The zero-order valence-electron chi connectivity index (χ0n) is 9.56. The number of carboxylic acid groups (broad SMARTS) is 1. The molecule has 0 aliphatic carbocycles. The summed E-state index contributed by atoms with van der Waals surface area (Å²) in [5.74, 6) is -0.708. The van der Waals surface area contributed by atoms with Crippen LogP contribution in [-0.4, -0.2) is 35.1 Å². The van der Waals surface area contributed by atoms with E-state index in [1.807, 2.05) is 6.92 Å². The lowest BCUT2D eigenvalue weighted by Gasteiger charge is -2.05. The van der Waals surface area contributed by atoms with E-state index in [0.717, 1.165) is 6.42 Å². The van der Waals surface area contributed by atoms with Crippen LogP contribution in [0.1, 0.15) is 23.7 Å². The number of carbonyl (C=O) groups is 2. The molecule has 1 amide bonds. The van der Waals surface area contributed by atoms with Crippen molar-refractivity contribution < 1.29 is 14.7 Å². The molecule has 0 aliphatic heterocycles. The second-order valence-electron chi connectivity index (χ2n) is 3.44. The highest BCUT2D eigenvalue weighted by Crippen LogP contribution is 2.04. The number of nitrogens with zero attached hydrogens (tertiary/aromatic N) is 1. The van der Waals surface area contributed by atoms with Crippen molar-refractivity contribution in [1.29, 1.82) is 0 Å². The van der Waals surface area contributed by atoms with Crippen LogP contribution in [-0.2, 0) is 4.79 Å². The van der Waals surface area contributed by atoms with Crippen LogP contribution in [0.5, 0.6) is 0 Å². The lowest BCUT2D eigenvalue weighted by molar-refractivity contribution is -0.134. The summed E-state index contributed by atoms with van der Waals surface area (Å²) in [7, 11) is 0. The van der Waals surface area contributed by atoms with Crippen molar-refractivity contribution in [2.75, 3.05) is 18.4 Å². The summed E-state index contributed by atoms with van der Waals surface area (Å²) >= 11 is 0. The molecule has 0 bridgehead atoms. The van der Waals surface area contributed by atoms with Gasteiger partial charge >= 0.3 is 5.97 Å². The van der Waals surface area contributed by atoms with Crippen LogP contribution in [0, 0.1) is 0 Å². The van der Waals surface area contributed by atoms with Gasteiger partial charge in [-0.25, -0.2) is 4.98 Å². The fourth-order valence-electron chi connectivity index (χ4n) is 1.14. The first-order chi connectivity index (χ1) is 8.13. The Balaban J connectivity index is 2.55. The Bertz CT molecular complexity index is 389. The number of anilines is 1. The van der Waals surface area contributed by atoms with Gasteiger partial charge in [0.05, 0.1) is 5.56 Å². The monoisotopic (exact) mass is 237 g/mol. The Morgan fingerprint density at radius 3 is 2.71 bits per heavy atom. The van der Waals surface area contributed by atoms with Gasteiger partial charge in [-0.3, -0.25) is 9.59 Å². The number of amides is 1. The highest BCUT2D eigenvalue weighted by atomic mass is 16.4. The largest absolute Gasteiger partial charge is 0.480 e. The van der Waals surface area contributed by atoms with Crippen molar-refractivity contribution in [2.45, 2.75) is 13.3 Å². The number of carbonyl (C=O) groups excluding carboxylic acids is 1. The molecule has 0 saturated heterocycles. The van der Waals surface area contributed by atoms with Crippen molar-refractivity contribution in [2.24, 2.45) is 0 Å². The Kier molecular flexibility index (Phi) is 4.93. The minimum Gasteiger partial charge on any atom is -0.480 e. The number of hydrogen-bond donors (Lipinski definition) is 3. The van der Waals surface area contributed by atoms with Crippen LogP contribution in [0.15, 0.2) is 18.3 Å². The number of aromatic nitrogens is 1. The van der Waals surface area contributed by atoms with E-state index in [1.54, 1.807) is 12.1 Å². The van der Waals surface area contributed by atoms with Crippen LogP contribution < -0.4 is 10.6 Å². The van der Waals surface area contributed by atoms with Crippen LogP contribution >= 0.6 is 0 Å². The topological polar surface area (TPSA) is 91.3 Å². The van der Waals surface area contributed by atoms with Crippen molar-refractivity contribution in [3.63, 3.8) is 0 Å². The van der Waals surface area contributed by atoms with Gasteiger partial charge in [0.2, 0.25) is 0 Å². The minimum absolute atomic E-state index is 0.177. The van der Waals surface area contributed by atoms with Gasteiger partial charge in [-0.05, 0) is 18.6 Å². The molecule has 6 heteroatoms. The molecular formula is C11H15N3O3. The smallest absolute Gasteiger partial charge is 0.322 e. The Morgan fingerprint density at radius 2 is 2.18 bits per heavy atom. The molecule has 1 aromatic heterocycles. The second-order valence-corrected chi connectivity index (χ2v) is 3.44. The lowest BCUT2D eigenvalue weighted by atomic mass is 10.2. The van der Waals surface area contributed by atoms with Gasteiger partial charge in [0, 0.05) is 12.7 Å². The van der Waals surface area contributed by atoms with E-state index in [9.17, 15) is 9.59 Å². The standard InChI is InChI=1S/C11H15N3O3/c1-2-5-12-11(17)8-3-4-9(13-6-8)14-7-10(15)16/h3-4,6H,2,5,7H2,1H3,(H,12,17)(H,13,14)(H,15,16). The van der Waals surface area contributed by atoms with Gasteiger partial charge in [-0.15, -0.1) is 0 Å². The van der Waals surface area contributed by atoms with Gasteiger partial charge in [0.15, 0.2) is 0 Å². The van der Waals surface area contributed by atoms with Crippen LogP contribution in [0.3, 0.4) is 0 Å². The van der Waals surface area contributed by atoms with Gasteiger partial charge < -0.3 is 15.7 Å². The zero-order chi connectivity index (χ0) is 12.7. The summed E-state index contributed by atoms with van der Waals surface area (Å²) in [6.07, 6.45) is 2.28. The molecule has 0 fully saturated rings. The average molecular weight is 237 g/mol. The molecule has 0 spiro atoms. The average Bonchev–Trinajstić information content (AvgIpc) is 2.34. The normalized spacial score (nSPS) is 9.71. The number of carboxylic acids is 1. The molecule has 0 aromatic carbocycles. The van der Waals surface area contributed by atoms with E-state index in [1.165, 1.54) is 6.20 Å². The fourth-order valence-corrected chi connectivity index (χ4v) is 1.14. The molecule has 0 saturated carbocycles. The molecule has 0 unspecified atom stereocenters. The van der Waals surface area contributed by atoms with Crippen LogP contribution in [0.4, 0.5) is 5.82 Å². The maximum Gasteiger partial charge on any atom is 0.322 e. The van der Waals surface area contributed by atoms with E-state index in [4.69, 9.17) is 5.11 Å². The molecule has 92 valence electrons.